The Balaban J connectivity index is 1.35. The summed E-state index contributed by atoms with van der Waals surface area (Å²) in [7, 11) is 0. The minimum Gasteiger partial charge on any atom is -0.378 e. The van der Waals surface area contributed by atoms with E-state index in [1.165, 1.54) is 44.1 Å². The Labute approximate surface area is 199 Å². The molecule has 1 nitrogen and oxygen atoms in total. The van der Waals surface area contributed by atoms with Crippen LogP contribution in [-0.4, -0.2) is 12.7 Å². The SMILES string of the molecule is C/C=C/CCc1ccc(C#Cc2ccc(C3CCC4CC(OCC)CCC4C3)cc2)c(F)c1. The zero-order valence-electron chi connectivity index (χ0n) is 20.2. The van der Waals surface area contributed by atoms with Crippen LogP contribution in [-0.2, 0) is 11.2 Å². The molecule has 0 heterocycles. The number of allylic oxidation sites excluding steroid dienone is 2. The molecule has 2 fully saturated rings. The van der Waals surface area contributed by atoms with E-state index in [1.807, 2.05) is 19.1 Å². The molecule has 0 bridgehead atoms. The van der Waals surface area contributed by atoms with E-state index in [-0.39, 0.29) is 5.82 Å². The summed E-state index contributed by atoms with van der Waals surface area (Å²) in [5.74, 6) is 8.30. The lowest BCUT2D eigenvalue weighted by Crippen LogP contribution is -2.33. The maximum absolute atomic E-state index is 14.4. The van der Waals surface area contributed by atoms with Crippen molar-refractivity contribution in [2.75, 3.05) is 6.61 Å². The average molecular weight is 445 g/mol. The summed E-state index contributed by atoms with van der Waals surface area (Å²) in [6.45, 7) is 4.96. The number of aryl methyl sites for hydroxylation is 1. The molecule has 0 N–H and O–H groups in total. The van der Waals surface area contributed by atoms with Crippen molar-refractivity contribution in [1.29, 1.82) is 0 Å². The summed E-state index contributed by atoms with van der Waals surface area (Å²) in [6, 6.07) is 14.1. The molecule has 2 heteroatoms. The lowest BCUT2D eigenvalue weighted by molar-refractivity contribution is -0.00955. The fourth-order valence-corrected chi connectivity index (χ4v) is 5.75. The fourth-order valence-electron chi connectivity index (χ4n) is 5.75. The zero-order chi connectivity index (χ0) is 23.0. The molecule has 2 saturated carbocycles. The van der Waals surface area contributed by atoms with Crippen molar-refractivity contribution >= 4 is 0 Å². The number of hydrogen-bond acceptors (Lipinski definition) is 1. The molecule has 4 unspecified atom stereocenters. The topological polar surface area (TPSA) is 9.23 Å². The Kier molecular flexibility index (Phi) is 8.40. The van der Waals surface area contributed by atoms with Gasteiger partial charge < -0.3 is 4.74 Å². The Morgan fingerprint density at radius 2 is 1.76 bits per heavy atom. The summed E-state index contributed by atoms with van der Waals surface area (Å²) >= 11 is 0. The van der Waals surface area contributed by atoms with Gasteiger partial charge in [0.25, 0.3) is 0 Å². The van der Waals surface area contributed by atoms with Gasteiger partial charge in [-0.15, -0.1) is 0 Å². The van der Waals surface area contributed by atoms with E-state index in [2.05, 4.69) is 49.1 Å². The van der Waals surface area contributed by atoms with Gasteiger partial charge in [-0.1, -0.05) is 42.2 Å². The zero-order valence-corrected chi connectivity index (χ0v) is 20.2. The van der Waals surface area contributed by atoms with Crippen molar-refractivity contribution in [2.45, 2.75) is 77.2 Å². The van der Waals surface area contributed by atoms with Crippen molar-refractivity contribution < 1.29 is 9.13 Å². The molecule has 174 valence electrons. The molecule has 2 aromatic rings. The predicted octanol–water partition coefficient (Wildman–Crippen LogP) is 7.82. The van der Waals surface area contributed by atoms with Crippen molar-refractivity contribution in [3.05, 3.63) is 82.7 Å². The highest BCUT2D eigenvalue weighted by atomic mass is 19.1. The first-order valence-electron chi connectivity index (χ1n) is 12.8. The highest BCUT2D eigenvalue weighted by Gasteiger charge is 2.36. The van der Waals surface area contributed by atoms with Gasteiger partial charge in [0.2, 0.25) is 0 Å². The highest BCUT2D eigenvalue weighted by molar-refractivity contribution is 5.45. The standard InChI is InChI=1S/C31H37FO/c1-3-5-6-7-24-11-15-26(31(32)20-24)14-10-23-8-12-25(13-9-23)27-16-17-29-22-30(33-4-2)19-18-28(29)21-27/h3,5,8-9,11-13,15,20,27-30H,4,6-7,16-19,21-22H2,1-2H3/b5-3+. The van der Waals surface area contributed by atoms with Gasteiger partial charge in [-0.25, -0.2) is 4.39 Å². The molecule has 0 spiro atoms. The van der Waals surface area contributed by atoms with E-state index in [4.69, 9.17) is 4.74 Å². The molecule has 0 radical (unpaired) electrons. The van der Waals surface area contributed by atoms with Crippen molar-refractivity contribution in [2.24, 2.45) is 11.8 Å². The first-order chi connectivity index (χ1) is 16.2. The molecule has 2 aliphatic rings. The monoisotopic (exact) mass is 444 g/mol. The van der Waals surface area contributed by atoms with Crippen LogP contribution in [0.25, 0.3) is 0 Å². The Bertz CT molecular complexity index is 994. The number of ether oxygens (including phenoxy) is 1. The molecule has 0 aromatic heterocycles. The normalized spacial score (nSPS) is 24.8. The van der Waals surface area contributed by atoms with Gasteiger partial charge in [0.05, 0.1) is 11.7 Å². The van der Waals surface area contributed by atoms with E-state index < -0.39 is 0 Å². The van der Waals surface area contributed by atoms with Gasteiger partial charge in [-0.2, -0.15) is 0 Å². The molecular formula is C31H37FO. The molecule has 2 aromatic carbocycles. The summed E-state index contributed by atoms with van der Waals surface area (Å²) < 4.78 is 20.3. The van der Waals surface area contributed by atoms with Crippen LogP contribution in [0.4, 0.5) is 4.39 Å². The average Bonchev–Trinajstić information content (AvgIpc) is 2.84. The number of benzene rings is 2. The highest BCUT2D eigenvalue weighted by Crippen LogP contribution is 2.46. The van der Waals surface area contributed by atoms with E-state index >= 15 is 0 Å². The second-order valence-corrected chi connectivity index (χ2v) is 9.71. The molecule has 4 rings (SSSR count). The largest absolute Gasteiger partial charge is 0.378 e. The Morgan fingerprint density at radius 3 is 2.52 bits per heavy atom. The van der Waals surface area contributed by atoms with Crippen LogP contribution in [0, 0.1) is 29.5 Å². The molecule has 0 aliphatic heterocycles. The Hall–Kier alpha value is -2.37. The van der Waals surface area contributed by atoms with E-state index in [0.717, 1.165) is 42.4 Å². The van der Waals surface area contributed by atoms with Gasteiger partial charge in [0.15, 0.2) is 0 Å². The number of halogens is 1. The van der Waals surface area contributed by atoms with Crippen LogP contribution in [0.5, 0.6) is 0 Å². The molecule has 4 atom stereocenters. The van der Waals surface area contributed by atoms with Crippen molar-refractivity contribution in [1.82, 2.24) is 0 Å². The minimum absolute atomic E-state index is 0.229. The maximum atomic E-state index is 14.4. The summed E-state index contributed by atoms with van der Waals surface area (Å²) in [5.41, 5.74) is 3.86. The summed E-state index contributed by atoms with van der Waals surface area (Å²) in [6.07, 6.45) is 14.1. The lowest BCUT2D eigenvalue weighted by Gasteiger charge is -2.42. The molecule has 0 saturated heterocycles. The first-order valence-corrected chi connectivity index (χ1v) is 12.8. The third-order valence-electron chi connectivity index (χ3n) is 7.56. The number of rotatable bonds is 6. The lowest BCUT2D eigenvalue weighted by atomic mass is 9.65. The number of fused-ring (bicyclic) bond motifs is 1. The summed E-state index contributed by atoms with van der Waals surface area (Å²) in [4.78, 5) is 0. The first kappa shape index (κ1) is 23.8. The van der Waals surface area contributed by atoms with Gasteiger partial charge in [-0.3, -0.25) is 0 Å². The smallest absolute Gasteiger partial charge is 0.139 e. The van der Waals surface area contributed by atoms with E-state index in [0.29, 0.717) is 17.6 Å². The van der Waals surface area contributed by atoms with Crippen LogP contribution < -0.4 is 0 Å². The van der Waals surface area contributed by atoms with E-state index in [1.54, 1.807) is 12.1 Å². The quantitative estimate of drug-likeness (QED) is 0.326. The predicted molar refractivity (Wildman–Crippen MR) is 135 cm³/mol. The molecule has 33 heavy (non-hydrogen) atoms. The van der Waals surface area contributed by atoms with Crippen LogP contribution in [0.3, 0.4) is 0 Å². The maximum Gasteiger partial charge on any atom is 0.139 e. The van der Waals surface area contributed by atoms with Crippen LogP contribution in [0.1, 0.15) is 87.0 Å². The van der Waals surface area contributed by atoms with Crippen molar-refractivity contribution in [3.63, 3.8) is 0 Å². The fraction of sp³-hybridized carbons (Fsp3) is 0.484. The van der Waals surface area contributed by atoms with E-state index in [9.17, 15) is 4.39 Å². The Morgan fingerprint density at radius 1 is 0.970 bits per heavy atom. The molecule has 2 aliphatic carbocycles. The molecule has 0 amide bonds. The third kappa shape index (κ3) is 6.36. The van der Waals surface area contributed by atoms with Gasteiger partial charge in [-0.05, 0) is 118 Å². The third-order valence-corrected chi connectivity index (χ3v) is 7.56. The molecular weight excluding hydrogens is 407 g/mol. The van der Waals surface area contributed by atoms with Crippen LogP contribution in [0.15, 0.2) is 54.6 Å². The van der Waals surface area contributed by atoms with Crippen molar-refractivity contribution in [3.8, 4) is 11.8 Å². The summed E-state index contributed by atoms with van der Waals surface area (Å²) in [5, 5.41) is 0. The second-order valence-electron chi connectivity index (χ2n) is 9.71. The van der Waals surface area contributed by atoms with Crippen LogP contribution in [0.2, 0.25) is 0 Å². The second kappa shape index (κ2) is 11.7. The minimum atomic E-state index is -0.229. The van der Waals surface area contributed by atoms with Gasteiger partial charge in [0.1, 0.15) is 5.82 Å². The van der Waals surface area contributed by atoms with Crippen LogP contribution >= 0.6 is 0 Å². The van der Waals surface area contributed by atoms with Gasteiger partial charge >= 0.3 is 0 Å². The van der Waals surface area contributed by atoms with Gasteiger partial charge in [0, 0.05) is 12.2 Å². The number of hydrogen-bond donors (Lipinski definition) is 0.